The predicted octanol–water partition coefficient (Wildman–Crippen LogP) is 5.70. The fourth-order valence-corrected chi connectivity index (χ4v) is 7.22. The van der Waals surface area contributed by atoms with Crippen LogP contribution < -0.4 is 14.8 Å². The molecule has 1 aliphatic heterocycles. The summed E-state index contributed by atoms with van der Waals surface area (Å²) in [5.41, 5.74) is 0.660. The minimum absolute atomic E-state index is 0.0311. The second-order valence-corrected chi connectivity index (χ2v) is 14.0. The van der Waals surface area contributed by atoms with Gasteiger partial charge in [-0.1, -0.05) is 64.5 Å². The highest BCUT2D eigenvalue weighted by molar-refractivity contribution is 9.10. The quantitative estimate of drug-likeness (QED) is 0.151. The molecule has 0 saturated heterocycles. The van der Waals surface area contributed by atoms with Gasteiger partial charge in [-0.15, -0.1) is 0 Å². The highest BCUT2D eigenvalue weighted by atomic mass is 79.9. The first-order valence-corrected chi connectivity index (χ1v) is 17.7. The number of amides is 1. The van der Waals surface area contributed by atoms with Crippen LogP contribution in [0.4, 0.5) is 0 Å². The van der Waals surface area contributed by atoms with Gasteiger partial charge in [0.15, 0.2) is 21.5 Å². The zero-order valence-corrected chi connectivity index (χ0v) is 28.4. The number of methoxy groups -OCH3 is 1. The van der Waals surface area contributed by atoms with E-state index in [4.69, 9.17) is 24.3 Å². The Hall–Kier alpha value is -4.19. The maximum absolute atomic E-state index is 14.4. The smallest absolute Gasteiger partial charge is 0.252 e. The van der Waals surface area contributed by atoms with Crippen LogP contribution in [0.25, 0.3) is 0 Å². The van der Waals surface area contributed by atoms with Crippen molar-refractivity contribution in [3.63, 3.8) is 0 Å². The van der Waals surface area contributed by atoms with Gasteiger partial charge in [0.05, 0.1) is 24.4 Å². The van der Waals surface area contributed by atoms with Crippen LogP contribution >= 0.6 is 15.9 Å². The van der Waals surface area contributed by atoms with E-state index in [0.717, 1.165) is 11.3 Å². The summed E-state index contributed by atoms with van der Waals surface area (Å²) >= 11 is 3.62. The van der Waals surface area contributed by atoms with Gasteiger partial charge in [0, 0.05) is 41.6 Å². The third kappa shape index (κ3) is 8.22. The number of nitrogens with zero attached hydrogens (tertiary/aromatic N) is 1. The topological polar surface area (TPSA) is 124 Å². The van der Waals surface area contributed by atoms with Gasteiger partial charge in [-0.05, 0) is 66.6 Å². The van der Waals surface area contributed by atoms with Crippen molar-refractivity contribution in [1.82, 2.24) is 5.32 Å². The first-order chi connectivity index (χ1) is 22.8. The van der Waals surface area contributed by atoms with Gasteiger partial charge in [-0.25, -0.2) is 13.4 Å². The summed E-state index contributed by atoms with van der Waals surface area (Å²) in [6.07, 6.45) is -0.00682. The number of halogens is 1. The average Bonchev–Trinajstić information content (AvgIpc) is 3.49. The number of carbonyl (C=O) groups excluding carboxylic acids is 1. The first kappa shape index (κ1) is 34.2. The van der Waals surface area contributed by atoms with Crippen molar-refractivity contribution in [2.24, 2.45) is 4.99 Å². The Morgan fingerprint density at radius 2 is 1.64 bits per heavy atom. The normalized spacial score (nSPS) is 17.4. The summed E-state index contributed by atoms with van der Waals surface area (Å²) in [6, 6.07) is 30.3. The molecule has 1 heterocycles. The molecule has 0 fully saturated rings. The van der Waals surface area contributed by atoms with E-state index in [1.54, 1.807) is 61.7 Å². The van der Waals surface area contributed by atoms with Crippen LogP contribution in [-0.2, 0) is 25.8 Å². The monoisotopic (exact) mass is 720 g/mol. The summed E-state index contributed by atoms with van der Waals surface area (Å²) in [7, 11) is -2.16. The number of aliphatic hydroxyl groups excluding tert-OH is 1. The lowest BCUT2D eigenvalue weighted by molar-refractivity contribution is -0.129. The number of aliphatic imine (C=N–C) groups is 1. The minimum atomic E-state index is -3.77. The van der Waals surface area contributed by atoms with Gasteiger partial charge in [0.25, 0.3) is 5.91 Å². The van der Waals surface area contributed by atoms with E-state index >= 15 is 0 Å². The van der Waals surface area contributed by atoms with E-state index in [-0.39, 0.29) is 29.6 Å². The van der Waals surface area contributed by atoms with Gasteiger partial charge >= 0.3 is 0 Å². The summed E-state index contributed by atoms with van der Waals surface area (Å²) in [4.78, 5) is 19.5. The molecule has 0 aromatic heterocycles. The van der Waals surface area contributed by atoms with Crippen molar-refractivity contribution in [2.75, 3.05) is 32.6 Å². The molecule has 1 aliphatic rings. The zero-order valence-electron chi connectivity index (χ0n) is 26.0. The van der Waals surface area contributed by atoms with Crippen LogP contribution in [0.1, 0.15) is 35.6 Å². The van der Waals surface area contributed by atoms with Crippen molar-refractivity contribution in [1.29, 1.82) is 0 Å². The molecule has 0 radical (unpaired) electrons. The Bertz CT molecular complexity index is 1780. The van der Waals surface area contributed by atoms with E-state index in [9.17, 15) is 13.2 Å². The fraction of sp³-hybridized carbons (Fsp3) is 0.278. The molecule has 47 heavy (non-hydrogen) atoms. The molecule has 4 aromatic carbocycles. The molecule has 2 N–H and O–H groups in total. The predicted molar refractivity (Wildman–Crippen MR) is 184 cm³/mol. The Kier molecular flexibility index (Phi) is 11.3. The van der Waals surface area contributed by atoms with Crippen molar-refractivity contribution >= 4 is 37.6 Å². The van der Waals surface area contributed by atoms with Crippen LogP contribution in [0.3, 0.4) is 0 Å². The molecule has 5 rings (SSSR count). The number of sulfone groups is 1. The SMILES string of the molecule is COc1ccc(CCNC(=O)[C@]2(CCS(=O)(=O)c3ccccc3)N=C(c3ccc(OCCCO)cc3)O[C@@H]2c2ccccc2Br)cc1. The Morgan fingerprint density at radius 1 is 0.957 bits per heavy atom. The number of hydrogen-bond donors (Lipinski definition) is 2. The van der Waals surface area contributed by atoms with E-state index in [1.807, 2.05) is 48.5 Å². The molecule has 9 nitrogen and oxygen atoms in total. The standard InChI is InChI=1S/C36H37BrN2O7S/c1-44-28-16-12-26(13-17-28)20-22-38-35(41)36(21-25-47(42,43)30-8-3-2-4-9-30)33(31-10-5-6-11-32(31)37)46-34(39-36)27-14-18-29(19-15-27)45-24-7-23-40/h2-6,8-19,33,40H,7,20-25H2,1H3,(H,38,41)/t33-,36-/m1/s1. The summed E-state index contributed by atoms with van der Waals surface area (Å²) in [5, 5.41) is 12.1. The number of rotatable bonds is 15. The van der Waals surface area contributed by atoms with Crippen LogP contribution in [0.2, 0.25) is 0 Å². The molecule has 4 aromatic rings. The third-order valence-corrected chi connectivity index (χ3v) is 10.4. The Morgan fingerprint density at radius 3 is 2.32 bits per heavy atom. The highest BCUT2D eigenvalue weighted by Gasteiger charge is 2.54. The van der Waals surface area contributed by atoms with Crippen molar-refractivity contribution in [3.05, 3.63) is 124 Å². The van der Waals surface area contributed by atoms with Crippen LogP contribution in [0, 0.1) is 0 Å². The molecule has 0 saturated carbocycles. The first-order valence-electron chi connectivity index (χ1n) is 15.3. The largest absolute Gasteiger partial charge is 0.497 e. The maximum Gasteiger partial charge on any atom is 0.252 e. The number of aliphatic hydroxyl groups is 1. The van der Waals surface area contributed by atoms with Gasteiger partial charge < -0.3 is 24.6 Å². The Balaban J connectivity index is 1.50. The molecule has 246 valence electrons. The van der Waals surface area contributed by atoms with E-state index in [0.29, 0.717) is 47.3 Å². The lowest BCUT2D eigenvalue weighted by atomic mass is 9.85. The van der Waals surface area contributed by atoms with Gasteiger partial charge in [0.1, 0.15) is 11.5 Å². The van der Waals surface area contributed by atoms with Gasteiger partial charge in [0.2, 0.25) is 5.90 Å². The number of carbonyl (C=O) groups is 1. The lowest BCUT2D eigenvalue weighted by Gasteiger charge is -2.31. The van der Waals surface area contributed by atoms with Crippen LogP contribution in [0.15, 0.2) is 117 Å². The molecule has 0 unspecified atom stereocenters. The zero-order chi connectivity index (χ0) is 33.3. The number of benzene rings is 4. The summed E-state index contributed by atoms with van der Waals surface area (Å²) in [5.74, 6) is 0.799. The molecular formula is C36H37BrN2O7S. The average molecular weight is 722 g/mol. The van der Waals surface area contributed by atoms with E-state index in [1.165, 1.54) is 0 Å². The van der Waals surface area contributed by atoms with Gasteiger partial charge in [-0.3, -0.25) is 4.79 Å². The number of hydrogen-bond acceptors (Lipinski definition) is 8. The maximum atomic E-state index is 14.4. The summed E-state index contributed by atoms with van der Waals surface area (Å²) < 4.78 is 45.2. The van der Waals surface area contributed by atoms with Gasteiger partial charge in [-0.2, -0.15) is 0 Å². The molecular weight excluding hydrogens is 684 g/mol. The highest BCUT2D eigenvalue weighted by Crippen LogP contribution is 2.45. The number of ether oxygens (including phenoxy) is 3. The fourth-order valence-electron chi connectivity index (χ4n) is 5.34. The lowest BCUT2D eigenvalue weighted by Crippen LogP contribution is -2.49. The summed E-state index contributed by atoms with van der Waals surface area (Å²) in [6.45, 7) is 0.697. The van der Waals surface area contributed by atoms with Crippen LogP contribution in [-0.4, -0.2) is 63.5 Å². The van der Waals surface area contributed by atoms with Crippen molar-refractivity contribution in [2.45, 2.75) is 35.8 Å². The second-order valence-electron chi connectivity index (χ2n) is 11.0. The van der Waals surface area contributed by atoms with Crippen molar-refractivity contribution in [3.8, 4) is 11.5 Å². The van der Waals surface area contributed by atoms with E-state index in [2.05, 4.69) is 21.2 Å². The minimum Gasteiger partial charge on any atom is -0.497 e. The second kappa shape index (κ2) is 15.6. The molecule has 2 atom stereocenters. The molecule has 11 heteroatoms. The molecule has 0 aliphatic carbocycles. The van der Waals surface area contributed by atoms with Crippen LogP contribution in [0.5, 0.6) is 11.5 Å². The molecule has 0 spiro atoms. The van der Waals surface area contributed by atoms with Crippen molar-refractivity contribution < 1.29 is 32.5 Å². The molecule has 0 bridgehead atoms. The molecule has 1 amide bonds. The van der Waals surface area contributed by atoms with E-state index < -0.39 is 27.4 Å². The Labute approximate surface area is 283 Å². The number of nitrogens with one attached hydrogen (secondary N) is 1. The third-order valence-electron chi connectivity index (χ3n) is 7.93.